The first-order valence-electron chi connectivity index (χ1n) is 10.0. The third kappa shape index (κ3) is 4.09. The maximum atomic E-state index is 13.2. The lowest BCUT2D eigenvalue weighted by Gasteiger charge is -2.35. The Kier molecular flexibility index (Phi) is 6.12. The first-order chi connectivity index (χ1) is 14.6. The highest BCUT2D eigenvalue weighted by atomic mass is 16.5. The number of nitrogens with zero attached hydrogens (tertiary/aromatic N) is 4. The van der Waals surface area contributed by atoms with E-state index >= 15 is 0 Å². The van der Waals surface area contributed by atoms with Crippen LogP contribution in [0.15, 0.2) is 30.2 Å². The number of carbonyl (C=O) groups is 1. The van der Waals surface area contributed by atoms with Gasteiger partial charge in [0.2, 0.25) is 5.91 Å². The molecule has 11 heteroatoms. The topological polar surface area (TPSA) is 158 Å². The van der Waals surface area contributed by atoms with Crippen molar-refractivity contribution in [1.29, 1.82) is 5.26 Å². The minimum atomic E-state index is -0.553. The molecule has 11 nitrogen and oxygen atoms in total. The molecular weight excluding hydrogens is 386 g/mol. The zero-order valence-electron chi connectivity index (χ0n) is 16.6. The fourth-order valence-electron chi connectivity index (χ4n) is 4.12. The van der Waals surface area contributed by atoms with Crippen LogP contribution in [0.3, 0.4) is 0 Å². The molecule has 3 aliphatic rings. The van der Waals surface area contributed by atoms with Gasteiger partial charge in [0.1, 0.15) is 12.1 Å². The molecule has 0 aliphatic carbocycles. The number of hydrazine groups is 1. The summed E-state index contributed by atoms with van der Waals surface area (Å²) in [6, 6.07) is 4.02. The maximum absolute atomic E-state index is 13.2. The molecule has 0 saturated carbocycles. The normalized spacial score (nSPS) is 28.8. The lowest BCUT2D eigenvalue weighted by atomic mass is 10.0. The average Bonchev–Trinajstić information content (AvgIpc) is 3.09. The number of pyridine rings is 1. The molecule has 0 spiro atoms. The lowest BCUT2D eigenvalue weighted by molar-refractivity contribution is -0.121. The second-order valence-corrected chi connectivity index (χ2v) is 7.61. The molecule has 2 saturated heterocycles. The number of nitrogens with two attached hydrogens (primary N) is 2. The van der Waals surface area contributed by atoms with E-state index in [1.54, 1.807) is 18.6 Å². The number of aromatic nitrogens is 1. The van der Waals surface area contributed by atoms with Gasteiger partial charge >= 0.3 is 0 Å². The maximum Gasteiger partial charge on any atom is 0.234 e. The van der Waals surface area contributed by atoms with E-state index in [9.17, 15) is 4.79 Å². The Morgan fingerprint density at radius 1 is 1.50 bits per heavy atom. The van der Waals surface area contributed by atoms with Gasteiger partial charge in [0.05, 0.1) is 48.9 Å². The predicted molar refractivity (Wildman–Crippen MR) is 110 cm³/mol. The number of morpholine rings is 1. The fourth-order valence-corrected chi connectivity index (χ4v) is 4.12. The first kappa shape index (κ1) is 20.5. The summed E-state index contributed by atoms with van der Waals surface area (Å²) in [4.78, 5) is 19.5. The molecule has 4 rings (SSSR count). The Morgan fingerprint density at radius 2 is 2.37 bits per heavy atom. The summed E-state index contributed by atoms with van der Waals surface area (Å²) >= 11 is 0. The molecule has 160 valence electrons. The van der Waals surface area contributed by atoms with Crippen LogP contribution in [-0.2, 0) is 9.53 Å². The molecule has 4 unspecified atom stereocenters. The van der Waals surface area contributed by atoms with Crippen molar-refractivity contribution in [3.8, 4) is 6.07 Å². The third-order valence-electron chi connectivity index (χ3n) is 5.62. The highest BCUT2D eigenvalue weighted by molar-refractivity contribution is 5.96. The van der Waals surface area contributed by atoms with Gasteiger partial charge in [0.15, 0.2) is 0 Å². The Morgan fingerprint density at radius 3 is 3.17 bits per heavy atom. The standard InChI is InChI=1S/C19H27N9O2/c20-3-1-12-8-24-18-16(17(22)26-28(18)10-12)19(29)25-14-9-23-4-2-15(14)27-5-6-30-13(7-21)11-27/h2,4,8-9,13,16-18,24,26H,1,5-7,10-11,21-22H2,(H,25,29). The molecule has 3 aliphatic heterocycles. The van der Waals surface area contributed by atoms with Crippen LogP contribution >= 0.6 is 0 Å². The minimum Gasteiger partial charge on any atom is -0.374 e. The van der Waals surface area contributed by atoms with Crippen LogP contribution in [0, 0.1) is 17.2 Å². The molecule has 4 atom stereocenters. The fraction of sp³-hybridized carbons (Fsp3) is 0.526. The van der Waals surface area contributed by atoms with E-state index in [4.69, 9.17) is 21.5 Å². The summed E-state index contributed by atoms with van der Waals surface area (Å²) in [7, 11) is 0. The molecule has 1 aromatic rings. The summed E-state index contributed by atoms with van der Waals surface area (Å²) in [5, 5.41) is 17.0. The van der Waals surface area contributed by atoms with Gasteiger partial charge in [-0.2, -0.15) is 5.26 Å². The van der Waals surface area contributed by atoms with Crippen molar-refractivity contribution in [3.05, 3.63) is 30.2 Å². The number of hydrogen-bond donors (Lipinski definition) is 5. The molecule has 0 bridgehead atoms. The number of fused-ring (bicyclic) bond motifs is 1. The molecular formula is C19H27N9O2. The van der Waals surface area contributed by atoms with Crippen molar-refractivity contribution in [2.75, 3.05) is 43.0 Å². The largest absolute Gasteiger partial charge is 0.374 e. The Balaban J connectivity index is 1.49. The molecule has 30 heavy (non-hydrogen) atoms. The number of nitriles is 1. The van der Waals surface area contributed by atoms with E-state index in [0.717, 1.165) is 11.3 Å². The quantitative estimate of drug-likeness (QED) is 0.390. The number of anilines is 2. The van der Waals surface area contributed by atoms with Crippen LogP contribution in [0.4, 0.5) is 11.4 Å². The van der Waals surface area contributed by atoms with Crippen LogP contribution < -0.4 is 32.4 Å². The molecule has 0 aromatic carbocycles. The summed E-state index contributed by atoms with van der Waals surface area (Å²) in [6.07, 6.45) is 4.58. The Bertz CT molecular complexity index is 855. The van der Waals surface area contributed by atoms with Gasteiger partial charge in [-0.05, 0) is 17.8 Å². The first-order valence-corrected chi connectivity index (χ1v) is 10.0. The minimum absolute atomic E-state index is 0.0442. The van der Waals surface area contributed by atoms with Crippen molar-refractivity contribution in [3.63, 3.8) is 0 Å². The SMILES string of the molecule is N#CCC1=CNC2C(C(=O)Nc3cnccc3N3CCOC(CN)C3)C(N)NN2C1. The monoisotopic (exact) mass is 413 g/mol. The summed E-state index contributed by atoms with van der Waals surface area (Å²) in [5.41, 5.74) is 17.6. The Hall–Kier alpha value is -2.75. The van der Waals surface area contributed by atoms with E-state index in [0.29, 0.717) is 44.9 Å². The molecule has 1 amide bonds. The van der Waals surface area contributed by atoms with Gasteiger partial charge in [-0.15, -0.1) is 0 Å². The van der Waals surface area contributed by atoms with Crippen molar-refractivity contribution in [2.24, 2.45) is 17.4 Å². The number of nitrogens with one attached hydrogen (secondary N) is 3. The van der Waals surface area contributed by atoms with Crippen LogP contribution in [0.25, 0.3) is 0 Å². The Labute approximate surface area is 175 Å². The van der Waals surface area contributed by atoms with Gasteiger partial charge in [-0.25, -0.2) is 10.4 Å². The van der Waals surface area contributed by atoms with Gasteiger partial charge in [0, 0.05) is 32.4 Å². The van der Waals surface area contributed by atoms with E-state index in [2.05, 4.69) is 32.0 Å². The number of amides is 1. The highest BCUT2D eigenvalue weighted by Crippen LogP contribution is 2.29. The zero-order chi connectivity index (χ0) is 21.1. The van der Waals surface area contributed by atoms with E-state index in [1.807, 2.05) is 11.1 Å². The van der Waals surface area contributed by atoms with E-state index < -0.39 is 12.1 Å². The van der Waals surface area contributed by atoms with Gasteiger partial charge in [0.25, 0.3) is 0 Å². The second-order valence-electron chi connectivity index (χ2n) is 7.61. The van der Waals surface area contributed by atoms with Crippen LogP contribution in [0.2, 0.25) is 0 Å². The second kappa shape index (κ2) is 8.95. The number of hydrogen-bond acceptors (Lipinski definition) is 10. The highest BCUT2D eigenvalue weighted by Gasteiger charge is 2.45. The van der Waals surface area contributed by atoms with E-state index in [1.165, 1.54) is 0 Å². The molecule has 4 heterocycles. The van der Waals surface area contributed by atoms with Gasteiger partial charge < -0.3 is 31.7 Å². The van der Waals surface area contributed by atoms with Gasteiger partial charge in [-0.3, -0.25) is 9.78 Å². The van der Waals surface area contributed by atoms with Crippen molar-refractivity contribution >= 4 is 17.3 Å². The predicted octanol–water partition coefficient (Wildman–Crippen LogP) is -1.37. The van der Waals surface area contributed by atoms with Crippen molar-refractivity contribution in [2.45, 2.75) is 24.9 Å². The number of ether oxygens (including phenoxy) is 1. The zero-order valence-corrected chi connectivity index (χ0v) is 16.6. The lowest BCUT2D eigenvalue weighted by Crippen LogP contribution is -2.51. The van der Waals surface area contributed by atoms with E-state index in [-0.39, 0.29) is 18.2 Å². The molecule has 7 N–H and O–H groups in total. The summed E-state index contributed by atoms with van der Waals surface area (Å²) in [5.74, 6) is -0.732. The number of carbonyl (C=O) groups excluding carboxylic acids is 1. The number of rotatable bonds is 5. The molecule has 2 fully saturated rings. The average molecular weight is 413 g/mol. The smallest absolute Gasteiger partial charge is 0.234 e. The third-order valence-corrected chi connectivity index (χ3v) is 5.62. The molecule has 0 radical (unpaired) electrons. The summed E-state index contributed by atoms with van der Waals surface area (Å²) < 4.78 is 5.65. The van der Waals surface area contributed by atoms with Crippen LogP contribution in [0.5, 0.6) is 0 Å². The summed E-state index contributed by atoms with van der Waals surface area (Å²) in [6.45, 7) is 2.91. The van der Waals surface area contributed by atoms with Crippen LogP contribution in [-0.4, -0.2) is 67.1 Å². The van der Waals surface area contributed by atoms with Crippen molar-refractivity contribution in [1.82, 2.24) is 20.7 Å². The van der Waals surface area contributed by atoms with Gasteiger partial charge in [-0.1, -0.05) is 0 Å². The van der Waals surface area contributed by atoms with Crippen LogP contribution in [0.1, 0.15) is 6.42 Å². The molecule has 1 aromatic heterocycles. The van der Waals surface area contributed by atoms with Crippen molar-refractivity contribution < 1.29 is 9.53 Å².